The first-order valence-electron chi connectivity index (χ1n) is 6.57. The van der Waals surface area contributed by atoms with E-state index < -0.39 is 11.6 Å². The molecule has 1 amide bonds. The number of hydrogen-bond donors (Lipinski definition) is 2. The van der Waals surface area contributed by atoms with Gasteiger partial charge in [-0.05, 0) is 30.5 Å². The van der Waals surface area contributed by atoms with E-state index in [-0.39, 0.29) is 30.2 Å². The van der Waals surface area contributed by atoms with E-state index in [1.807, 2.05) is 6.92 Å². The van der Waals surface area contributed by atoms with Gasteiger partial charge in [-0.15, -0.1) is 12.4 Å². The maximum atomic E-state index is 13.6. The van der Waals surface area contributed by atoms with Gasteiger partial charge in [0.1, 0.15) is 0 Å². The van der Waals surface area contributed by atoms with Crippen molar-refractivity contribution in [2.75, 3.05) is 19.6 Å². The smallest absolute Gasteiger partial charge is 0.223 e. The first kappa shape index (κ1) is 16.9. The highest BCUT2D eigenvalue weighted by Crippen LogP contribution is 2.48. The molecule has 0 aliphatic heterocycles. The monoisotopic (exact) mass is 304 g/mol. The molecule has 0 radical (unpaired) electrons. The second kappa shape index (κ2) is 7.55. The molecule has 3 nitrogen and oxygen atoms in total. The molecule has 0 saturated heterocycles. The highest BCUT2D eigenvalue weighted by molar-refractivity contribution is 5.85. The lowest BCUT2D eigenvalue weighted by Gasteiger charge is -2.06. The summed E-state index contributed by atoms with van der Waals surface area (Å²) < 4.78 is 26.7. The number of nitrogens with one attached hydrogen (secondary N) is 2. The van der Waals surface area contributed by atoms with E-state index in [1.54, 1.807) is 6.07 Å². The van der Waals surface area contributed by atoms with E-state index >= 15 is 0 Å². The maximum absolute atomic E-state index is 13.6. The van der Waals surface area contributed by atoms with Gasteiger partial charge in [0.15, 0.2) is 11.6 Å². The summed E-state index contributed by atoms with van der Waals surface area (Å²) in [6, 6.07) is 4.12. The summed E-state index contributed by atoms with van der Waals surface area (Å²) in [6.45, 7) is 4.12. The molecular formula is C14H19ClF2N2O. The van der Waals surface area contributed by atoms with Crippen LogP contribution in [0.3, 0.4) is 0 Å². The van der Waals surface area contributed by atoms with Crippen LogP contribution >= 0.6 is 12.4 Å². The number of carbonyl (C=O) groups is 1. The Bertz CT molecular complexity index is 470. The van der Waals surface area contributed by atoms with E-state index in [0.717, 1.165) is 12.6 Å². The second-order valence-electron chi connectivity index (χ2n) is 4.74. The summed E-state index contributed by atoms with van der Waals surface area (Å²) >= 11 is 0. The molecule has 1 aliphatic rings. The van der Waals surface area contributed by atoms with Crippen molar-refractivity contribution in [1.29, 1.82) is 0 Å². The molecule has 2 unspecified atom stereocenters. The zero-order valence-corrected chi connectivity index (χ0v) is 12.1. The van der Waals surface area contributed by atoms with Crippen molar-refractivity contribution in [3.63, 3.8) is 0 Å². The molecule has 20 heavy (non-hydrogen) atoms. The number of hydrogen-bond acceptors (Lipinski definition) is 2. The summed E-state index contributed by atoms with van der Waals surface area (Å²) in [5, 5.41) is 5.89. The third-order valence-electron chi connectivity index (χ3n) is 3.36. The fourth-order valence-electron chi connectivity index (χ4n) is 2.22. The molecule has 0 bridgehead atoms. The predicted octanol–water partition coefficient (Wildman–Crippen LogP) is 2.22. The Kier molecular flexibility index (Phi) is 6.36. The highest BCUT2D eigenvalue weighted by Gasteiger charge is 2.45. The van der Waals surface area contributed by atoms with Crippen molar-refractivity contribution >= 4 is 18.3 Å². The van der Waals surface area contributed by atoms with Gasteiger partial charge >= 0.3 is 0 Å². The molecule has 2 N–H and O–H groups in total. The van der Waals surface area contributed by atoms with Gasteiger partial charge in [-0.25, -0.2) is 8.78 Å². The van der Waals surface area contributed by atoms with Crippen LogP contribution in [0.15, 0.2) is 18.2 Å². The van der Waals surface area contributed by atoms with Gasteiger partial charge in [-0.3, -0.25) is 4.79 Å². The number of carbonyl (C=O) groups excluding carboxylic acids is 1. The minimum Gasteiger partial charge on any atom is -0.355 e. The molecule has 2 atom stereocenters. The molecule has 1 aromatic carbocycles. The standard InChI is InChI=1S/C14H18F2N2O.ClH/c1-2-17-6-7-18-14(19)11-8-10(11)9-4-3-5-12(15)13(9)16;/h3-5,10-11,17H,2,6-8H2,1H3,(H,18,19);1H. The highest BCUT2D eigenvalue weighted by atomic mass is 35.5. The van der Waals surface area contributed by atoms with Crippen molar-refractivity contribution in [1.82, 2.24) is 10.6 Å². The Balaban J connectivity index is 0.00000200. The molecule has 6 heteroatoms. The van der Waals surface area contributed by atoms with Crippen LogP contribution in [0.2, 0.25) is 0 Å². The van der Waals surface area contributed by atoms with Gasteiger partial charge in [0.2, 0.25) is 5.91 Å². The molecule has 0 heterocycles. The van der Waals surface area contributed by atoms with E-state index in [0.29, 0.717) is 25.1 Å². The average molecular weight is 305 g/mol. The van der Waals surface area contributed by atoms with E-state index in [4.69, 9.17) is 0 Å². The summed E-state index contributed by atoms with van der Waals surface area (Å²) in [5.41, 5.74) is 0.312. The van der Waals surface area contributed by atoms with Crippen LogP contribution in [0.25, 0.3) is 0 Å². The zero-order valence-electron chi connectivity index (χ0n) is 11.3. The fourth-order valence-corrected chi connectivity index (χ4v) is 2.22. The molecular weight excluding hydrogens is 286 g/mol. The van der Waals surface area contributed by atoms with Crippen molar-refractivity contribution in [3.8, 4) is 0 Å². The topological polar surface area (TPSA) is 41.1 Å². The molecule has 1 aromatic rings. The van der Waals surface area contributed by atoms with Crippen LogP contribution < -0.4 is 10.6 Å². The molecule has 1 aliphatic carbocycles. The number of rotatable bonds is 6. The predicted molar refractivity (Wildman–Crippen MR) is 76.0 cm³/mol. The first-order chi connectivity index (χ1) is 9.15. The third kappa shape index (κ3) is 3.90. The number of benzene rings is 1. The van der Waals surface area contributed by atoms with Crippen molar-refractivity contribution in [2.24, 2.45) is 5.92 Å². The van der Waals surface area contributed by atoms with Crippen molar-refractivity contribution in [3.05, 3.63) is 35.4 Å². The minimum atomic E-state index is -0.851. The average Bonchev–Trinajstić information content (AvgIpc) is 3.18. The normalized spacial score (nSPS) is 20.1. The molecule has 1 fully saturated rings. The van der Waals surface area contributed by atoms with Crippen LogP contribution in [0.1, 0.15) is 24.8 Å². The van der Waals surface area contributed by atoms with E-state index in [1.165, 1.54) is 6.07 Å². The van der Waals surface area contributed by atoms with Crippen molar-refractivity contribution in [2.45, 2.75) is 19.3 Å². The van der Waals surface area contributed by atoms with Gasteiger partial charge in [0.25, 0.3) is 0 Å². The van der Waals surface area contributed by atoms with Crippen molar-refractivity contribution < 1.29 is 13.6 Å². The van der Waals surface area contributed by atoms with Gasteiger partial charge < -0.3 is 10.6 Å². The van der Waals surface area contributed by atoms with Crippen LogP contribution in [0.5, 0.6) is 0 Å². The van der Waals surface area contributed by atoms with Gasteiger partial charge in [-0.1, -0.05) is 19.1 Å². The molecule has 112 valence electrons. The summed E-state index contributed by atoms with van der Waals surface area (Å²) in [6.07, 6.45) is 0.591. The lowest BCUT2D eigenvalue weighted by atomic mass is 10.1. The largest absolute Gasteiger partial charge is 0.355 e. The Morgan fingerprint density at radius 2 is 2.10 bits per heavy atom. The second-order valence-corrected chi connectivity index (χ2v) is 4.74. The Labute approximate surface area is 123 Å². The van der Waals surface area contributed by atoms with Gasteiger partial charge in [-0.2, -0.15) is 0 Å². The number of amides is 1. The SMILES string of the molecule is CCNCCNC(=O)C1CC1c1cccc(F)c1F.Cl. The Morgan fingerprint density at radius 1 is 1.35 bits per heavy atom. The molecule has 0 aromatic heterocycles. The number of halogens is 3. The van der Waals surface area contributed by atoms with E-state index in [2.05, 4.69) is 10.6 Å². The fraction of sp³-hybridized carbons (Fsp3) is 0.500. The molecule has 1 saturated carbocycles. The Morgan fingerprint density at radius 3 is 2.80 bits per heavy atom. The van der Waals surface area contributed by atoms with Crippen LogP contribution in [0.4, 0.5) is 8.78 Å². The minimum absolute atomic E-state index is 0. The lowest BCUT2D eigenvalue weighted by Crippen LogP contribution is -2.32. The summed E-state index contributed by atoms with van der Waals surface area (Å²) in [7, 11) is 0. The number of likely N-dealkylation sites (N-methyl/N-ethyl adjacent to an activating group) is 1. The quantitative estimate of drug-likeness (QED) is 0.791. The maximum Gasteiger partial charge on any atom is 0.223 e. The van der Waals surface area contributed by atoms with Crippen LogP contribution in [-0.4, -0.2) is 25.5 Å². The lowest BCUT2D eigenvalue weighted by molar-refractivity contribution is -0.122. The van der Waals surface area contributed by atoms with Gasteiger partial charge in [0, 0.05) is 19.0 Å². The molecule has 2 rings (SSSR count). The summed E-state index contributed by atoms with van der Waals surface area (Å²) in [4.78, 5) is 11.8. The summed E-state index contributed by atoms with van der Waals surface area (Å²) in [5.74, 6) is -2.16. The van der Waals surface area contributed by atoms with Crippen LogP contribution in [0, 0.1) is 17.6 Å². The van der Waals surface area contributed by atoms with Gasteiger partial charge in [0.05, 0.1) is 0 Å². The first-order valence-corrected chi connectivity index (χ1v) is 6.57. The Hall–Kier alpha value is -1.20. The van der Waals surface area contributed by atoms with E-state index in [9.17, 15) is 13.6 Å². The third-order valence-corrected chi connectivity index (χ3v) is 3.36. The molecule has 0 spiro atoms. The van der Waals surface area contributed by atoms with Crippen LogP contribution in [-0.2, 0) is 4.79 Å². The zero-order chi connectivity index (χ0) is 13.8.